The Balaban J connectivity index is 3.04. The Morgan fingerprint density at radius 1 is 0.731 bits per heavy atom. The van der Waals surface area contributed by atoms with E-state index in [1.165, 1.54) is 0 Å². The second kappa shape index (κ2) is 8.85. The second-order valence-corrected chi connectivity index (χ2v) is 26.8. The summed E-state index contributed by atoms with van der Waals surface area (Å²) in [4.78, 5) is 0. The Bertz CT molecular complexity index is 533. The molecule has 0 saturated heterocycles. The van der Waals surface area contributed by atoms with Crippen molar-refractivity contribution >= 4 is 33.8 Å². The zero-order valence-electron chi connectivity index (χ0n) is 18.1. The van der Waals surface area contributed by atoms with Crippen molar-refractivity contribution in [1.29, 1.82) is 0 Å². The monoisotopic (exact) mass is 430 g/mol. The van der Waals surface area contributed by atoms with Crippen LogP contribution in [0.25, 0.3) is 0 Å². The van der Waals surface area contributed by atoms with Gasteiger partial charge in [-0.15, -0.1) is 0 Å². The second-order valence-electron chi connectivity index (χ2n) is 9.81. The first kappa shape index (κ1) is 23.8. The molecule has 0 atom stereocenters. The standard InChI is InChI=1S/C18H38O4Si4/c1-23(2,3)20-26(21-24(4,5)6,22-25(7,8)9)16-12-14-17-13-10-11-15-18(17)19/h10-11,13,15,19H,12,14,16H2,1-9H3. The van der Waals surface area contributed by atoms with E-state index < -0.39 is 33.8 Å². The summed E-state index contributed by atoms with van der Waals surface area (Å²) in [6.45, 7) is 19.9. The lowest BCUT2D eigenvalue weighted by Gasteiger charge is -2.43. The van der Waals surface area contributed by atoms with Crippen LogP contribution >= 0.6 is 0 Å². The maximum absolute atomic E-state index is 10.0. The minimum Gasteiger partial charge on any atom is -0.508 e. The highest BCUT2D eigenvalue weighted by molar-refractivity contribution is 6.90. The van der Waals surface area contributed by atoms with Crippen LogP contribution in [0, 0.1) is 0 Å². The van der Waals surface area contributed by atoms with Crippen LogP contribution in [0.2, 0.25) is 65.0 Å². The number of aromatic hydroxyl groups is 1. The lowest BCUT2D eigenvalue weighted by atomic mass is 10.1. The molecule has 26 heavy (non-hydrogen) atoms. The van der Waals surface area contributed by atoms with Crippen LogP contribution in [-0.2, 0) is 18.8 Å². The number of aryl methyl sites for hydroxylation is 1. The van der Waals surface area contributed by atoms with E-state index in [1.54, 1.807) is 6.07 Å². The lowest BCUT2D eigenvalue weighted by molar-refractivity contribution is 0.250. The van der Waals surface area contributed by atoms with Gasteiger partial charge in [-0.25, -0.2) is 0 Å². The molecule has 0 amide bonds. The molecule has 0 aliphatic carbocycles. The summed E-state index contributed by atoms with van der Waals surface area (Å²) in [5.41, 5.74) is 0.976. The molecular formula is C18H38O4Si4. The Morgan fingerprint density at radius 2 is 1.15 bits per heavy atom. The normalized spacial score (nSPS) is 13.9. The third-order valence-corrected chi connectivity index (χ3v) is 15.4. The van der Waals surface area contributed by atoms with Gasteiger partial charge in [-0.1, -0.05) is 18.2 Å². The van der Waals surface area contributed by atoms with Gasteiger partial charge in [0, 0.05) is 6.04 Å². The minimum atomic E-state index is -2.77. The Morgan fingerprint density at radius 3 is 1.54 bits per heavy atom. The van der Waals surface area contributed by atoms with Crippen LogP contribution in [0.4, 0.5) is 0 Å². The van der Waals surface area contributed by atoms with Gasteiger partial charge in [-0.3, -0.25) is 0 Å². The Labute approximate surface area is 164 Å². The fourth-order valence-electron chi connectivity index (χ4n) is 2.83. The van der Waals surface area contributed by atoms with Gasteiger partial charge < -0.3 is 17.5 Å². The zero-order valence-corrected chi connectivity index (χ0v) is 22.1. The Hall–Kier alpha value is -0.232. The van der Waals surface area contributed by atoms with E-state index in [0.29, 0.717) is 5.75 Å². The van der Waals surface area contributed by atoms with E-state index in [1.807, 2.05) is 18.2 Å². The molecule has 8 heteroatoms. The molecule has 0 radical (unpaired) electrons. The molecule has 1 rings (SSSR count). The minimum absolute atomic E-state index is 0.364. The number of hydrogen-bond donors (Lipinski definition) is 1. The molecule has 0 bridgehead atoms. The maximum atomic E-state index is 10.0. The summed E-state index contributed by atoms with van der Waals surface area (Å²) in [6.07, 6.45) is 1.70. The van der Waals surface area contributed by atoms with Crippen molar-refractivity contribution < 1.29 is 17.5 Å². The van der Waals surface area contributed by atoms with E-state index in [2.05, 4.69) is 58.9 Å². The maximum Gasteiger partial charge on any atom is 0.469 e. The quantitative estimate of drug-likeness (QED) is 0.475. The van der Waals surface area contributed by atoms with Gasteiger partial charge in [0.05, 0.1) is 0 Å². The SMILES string of the molecule is C[Si](C)(C)O[Si](CCCc1ccccc1O)(O[Si](C)(C)C)O[Si](C)(C)C. The fraction of sp³-hybridized carbons (Fsp3) is 0.667. The number of para-hydroxylation sites is 1. The number of rotatable bonds is 10. The van der Waals surface area contributed by atoms with Crippen molar-refractivity contribution in [2.24, 2.45) is 0 Å². The van der Waals surface area contributed by atoms with E-state index in [4.69, 9.17) is 12.3 Å². The largest absolute Gasteiger partial charge is 0.508 e. The van der Waals surface area contributed by atoms with Crippen LogP contribution in [0.5, 0.6) is 5.75 Å². The molecule has 1 aromatic rings. The predicted molar refractivity (Wildman–Crippen MR) is 120 cm³/mol. The third kappa shape index (κ3) is 9.63. The van der Waals surface area contributed by atoms with Crippen molar-refractivity contribution in [2.45, 2.75) is 77.8 Å². The molecule has 1 N–H and O–H groups in total. The van der Waals surface area contributed by atoms with Gasteiger partial charge in [-0.05, 0) is 83.4 Å². The molecule has 0 aliphatic heterocycles. The van der Waals surface area contributed by atoms with Gasteiger partial charge in [-0.2, -0.15) is 0 Å². The molecule has 4 nitrogen and oxygen atoms in total. The fourth-order valence-corrected chi connectivity index (χ4v) is 17.5. The average Bonchev–Trinajstić information content (AvgIpc) is 2.34. The summed E-state index contributed by atoms with van der Waals surface area (Å²) in [7, 11) is -8.25. The molecule has 150 valence electrons. The molecule has 0 spiro atoms. The van der Waals surface area contributed by atoms with Crippen molar-refractivity contribution in [1.82, 2.24) is 0 Å². The summed E-state index contributed by atoms with van der Waals surface area (Å²) < 4.78 is 20.1. The number of hydrogen-bond acceptors (Lipinski definition) is 4. The van der Waals surface area contributed by atoms with E-state index in [-0.39, 0.29) is 0 Å². The predicted octanol–water partition coefficient (Wildman–Crippen LogP) is 5.82. The molecule has 1 aromatic carbocycles. The topological polar surface area (TPSA) is 47.9 Å². The number of phenols is 1. The summed E-state index contributed by atoms with van der Waals surface area (Å²) >= 11 is 0. The van der Waals surface area contributed by atoms with Gasteiger partial charge in [0.2, 0.25) is 0 Å². The smallest absolute Gasteiger partial charge is 0.469 e. The number of phenolic OH excluding ortho intramolecular Hbond substituents is 1. The van der Waals surface area contributed by atoms with Crippen LogP contribution in [0.1, 0.15) is 12.0 Å². The summed E-state index contributed by atoms with van der Waals surface area (Å²) in [5.74, 6) is 0.364. The molecule has 0 heterocycles. The average molecular weight is 431 g/mol. The van der Waals surface area contributed by atoms with Crippen LogP contribution in [0.15, 0.2) is 24.3 Å². The van der Waals surface area contributed by atoms with E-state index in [9.17, 15) is 5.11 Å². The van der Waals surface area contributed by atoms with Gasteiger partial charge in [0.1, 0.15) is 5.75 Å². The first-order chi connectivity index (χ1) is 11.6. The van der Waals surface area contributed by atoms with Gasteiger partial charge >= 0.3 is 8.80 Å². The molecule has 0 unspecified atom stereocenters. The first-order valence-corrected chi connectivity index (χ1v) is 21.6. The summed E-state index contributed by atoms with van der Waals surface area (Å²) in [6, 6.07) is 8.36. The van der Waals surface area contributed by atoms with Gasteiger partial charge in [0.15, 0.2) is 25.0 Å². The zero-order chi connectivity index (χ0) is 20.2. The molecule has 0 saturated carbocycles. The first-order valence-electron chi connectivity index (χ1n) is 9.48. The highest BCUT2D eigenvalue weighted by Gasteiger charge is 2.49. The molecular weight excluding hydrogens is 393 g/mol. The third-order valence-electron chi connectivity index (χ3n) is 3.31. The van der Waals surface area contributed by atoms with Crippen molar-refractivity contribution in [3.8, 4) is 5.75 Å². The van der Waals surface area contributed by atoms with Crippen LogP contribution in [-0.4, -0.2) is 38.9 Å². The van der Waals surface area contributed by atoms with Crippen molar-refractivity contribution in [3.05, 3.63) is 29.8 Å². The van der Waals surface area contributed by atoms with E-state index >= 15 is 0 Å². The van der Waals surface area contributed by atoms with Crippen LogP contribution in [0.3, 0.4) is 0 Å². The molecule has 0 aromatic heterocycles. The lowest BCUT2D eigenvalue weighted by Crippen LogP contribution is -2.60. The highest BCUT2D eigenvalue weighted by Crippen LogP contribution is 2.31. The number of benzene rings is 1. The molecule has 0 fully saturated rings. The molecule has 0 aliphatic rings. The van der Waals surface area contributed by atoms with Gasteiger partial charge in [0.25, 0.3) is 0 Å². The summed E-state index contributed by atoms with van der Waals surface area (Å²) in [5, 5.41) is 10.0. The highest BCUT2D eigenvalue weighted by atomic mass is 28.5. The van der Waals surface area contributed by atoms with Crippen LogP contribution < -0.4 is 0 Å². The van der Waals surface area contributed by atoms with Crippen molar-refractivity contribution in [2.75, 3.05) is 0 Å². The Kier molecular flexibility index (Phi) is 8.10. The van der Waals surface area contributed by atoms with Crippen molar-refractivity contribution in [3.63, 3.8) is 0 Å². The van der Waals surface area contributed by atoms with E-state index in [0.717, 1.165) is 24.4 Å².